The highest BCUT2D eigenvalue weighted by Gasteiger charge is 2.31. The summed E-state index contributed by atoms with van der Waals surface area (Å²) in [6.07, 6.45) is 32.8. The van der Waals surface area contributed by atoms with Gasteiger partial charge in [0.1, 0.15) is 6.61 Å². The van der Waals surface area contributed by atoms with E-state index in [2.05, 4.69) is 19.9 Å². The Hall–Kier alpha value is -1.93. The summed E-state index contributed by atoms with van der Waals surface area (Å²) in [5, 5.41) is 9.57. The lowest BCUT2D eigenvalue weighted by Crippen LogP contribution is -2.50. The number of carboxylic acids is 1. The smallest absolute Gasteiger partial charge is 0.362 e. The van der Waals surface area contributed by atoms with Crippen molar-refractivity contribution < 1.29 is 38.2 Å². The number of ether oxygens (including phenoxy) is 3. The molecule has 0 aliphatic heterocycles. The molecule has 0 saturated heterocycles. The molecule has 1 N–H and O–H groups in total. The average molecular weight is 697 g/mol. The zero-order chi connectivity index (χ0) is 36.4. The van der Waals surface area contributed by atoms with E-state index in [0.29, 0.717) is 19.3 Å². The largest absolute Gasteiger partial charge is 0.477 e. The lowest BCUT2D eigenvalue weighted by atomic mass is 10.0. The van der Waals surface area contributed by atoms with Crippen LogP contribution in [-0.2, 0) is 28.6 Å². The molecule has 8 nitrogen and oxygen atoms in total. The Morgan fingerprint density at radius 3 is 1.55 bits per heavy atom. The van der Waals surface area contributed by atoms with Gasteiger partial charge in [-0.05, 0) is 25.7 Å². The quantitative estimate of drug-likeness (QED) is 0.0301. The van der Waals surface area contributed by atoms with E-state index in [1.807, 2.05) is 27.2 Å². The Labute approximate surface area is 301 Å². The highest BCUT2D eigenvalue weighted by Crippen LogP contribution is 2.15. The highest BCUT2D eigenvalue weighted by atomic mass is 16.6. The van der Waals surface area contributed by atoms with Crippen molar-refractivity contribution in [3.05, 3.63) is 12.2 Å². The molecule has 288 valence electrons. The number of carboxylic acid groups (broad SMARTS) is 1. The molecule has 0 rings (SSSR count). The number of carbonyl (C=O) groups is 3. The minimum atomic E-state index is -0.878. The van der Waals surface area contributed by atoms with Crippen molar-refractivity contribution >= 4 is 17.9 Å². The molecule has 49 heavy (non-hydrogen) atoms. The first-order chi connectivity index (χ1) is 23.6. The Balaban J connectivity index is 4.26. The summed E-state index contributed by atoms with van der Waals surface area (Å²) in [5.74, 6) is -1.53. The second kappa shape index (κ2) is 33.2. The van der Waals surface area contributed by atoms with E-state index < -0.39 is 18.1 Å². The van der Waals surface area contributed by atoms with Gasteiger partial charge in [-0.2, -0.15) is 0 Å². The van der Waals surface area contributed by atoms with Crippen LogP contribution in [0.3, 0.4) is 0 Å². The number of hydrogen-bond acceptors (Lipinski definition) is 6. The van der Waals surface area contributed by atoms with Crippen LogP contribution < -0.4 is 0 Å². The molecule has 0 amide bonds. The molecular weight excluding hydrogens is 618 g/mol. The predicted molar refractivity (Wildman–Crippen MR) is 202 cm³/mol. The predicted octanol–water partition coefficient (Wildman–Crippen LogP) is 10.4. The molecule has 0 fully saturated rings. The van der Waals surface area contributed by atoms with E-state index in [4.69, 9.17) is 14.2 Å². The van der Waals surface area contributed by atoms with E-state index in [1.165, 1.54) is 109 Å². The minimum absolute atomic E-state index is 0.0545. The van der Waals surface area contributed by atoms with Crippen molar-refractivity contribution in [3.63, 3.8) is 0 Å². The Morgan fingerprint density at radius 2 is 1.06 bits per heavy atom. The molecule has 0 radical (unpaired) electrons. The number of allylic oxidation sites excluding steroid dienone is 2. The van der Waals surface area contributed by atoms with Gasteiger partial charge in [-0.15, -0.1) is 0 Å². The maximum atomic E-state index is 12.6. The fourth-order valence-corrected chi connectivity index (χ4v) is 5.99. The first kappa shape index (κ1) is 47.1. The molecule has 0 aromatic rings. The maximum Gasteiger partial charge on any atom is 0.362 e. The standard InChI is InChI=1S/C41H77NO7/c1-6-8-10-12-14-15-16-17-18-19-20-21-22-23-24-26-28-30-32-40(44)49-37(35-47-34-33-38(41(45)46)42(3,4)5)36-48-39(43)31-29-27-25-13-11-9-7-2/h25,27,37-38H,6-24,26,28-36H2,1-5H3/p+1/b27-25+. The molecule has 2 unspecified atom stereocenters. The molecule has 8 heteroatoms. The first-order valence-electron chi connectivity index (χ1n) is 20.2. The normalized spacial score (nSPS) is 13.1. The number of aliphatic carboxylic acids is 1. The van der Waals surface area contributed by atoms with Crippen LogP contribution in [0.15, 0.2) is 12.2 Å². The molecule has 0 aliphatic rings. The lowest BCUT2D eigenvalue weighted by molar-refractivity contribution is -0.887. The molecule has 0 spiro atoms. The third-order valence-corrected chi connectivity index (χ3v) is 9.18. The van der Waals surface area contributed by atoms with Crippen molar-refractivity contribution in [1.29, 1.82) is 0 Å². The molecule has 2 atom stereocenters. The number of likely N-dealkylation sites (N-methyl/N-ethyl adjacent to an activating group) is 1. The summed E-state index contributed by atoms with van der Waals surface area (Å²) < 4.78 is 17.1. The number of rotatable bonds is 36. The van der Waals surface area contributed by atoms with Crippen LogP contribution in [0, 0.1) is 0 Å². The van der Waals surface area contributed by atoms with Crippen molar-refractivity contribution in [2.75, 3.05) is 41.0 Å². The topological polar surface area (TPSA) is 99.1 Å². The number of carbonyl (C=O) groups excluding carboxylic acids is 2. The van der Waals surface area contributed by atoms with Gasteiger partial charge in [-0.1, -0.05) is 148 Å². The third-order valence-electron chi connectivity index (χ3n) is 9.18. The SMILES string of the molecule is CCCCC/C=C/CCC(=O)OCC(COCCC(C(=O)O)[N+](C)(C)C)OC(=O)CCCCCCCCCCCCCCCCCCCC. The van der Waals surface area contributed by atoms with Gasteiger partial charge in [0.2, 0.25) is 0 Å². The maximum absolute atomic E-state index is 12.6. The van der Waals surface area contributed by atoms with E-state index in [-0.39, 0.29) is 42.7 Å². The first-order valence-corrected chi connectivity index (χ1v) is 20.2. The zero-order valence-electron chi connectivity index (χ0n) is 32.7. The van der Waals surface area contributed by atoms with Gasteiger partial charge < -0.3 is 23.8 Å². The summed E-state index contributed by atoms with van der Waals surface area (Å²) in [6, 6.07) is -0.613. The molecule has 0 aromatic heterocycles. The monoisotopic (exact) mass is 697 g/mol. The van der Waals surface area contributed by atoms with Crippen LogP contribution in [-0.4, -0.2) is 80.6 Å². The van der Waals surface area contributed by atoms with Gasteiger partial charge >= 0.3 is 17.9 Å². The molecular formula is C41H78NO7+. The average Bonchev–Trinajstić information content (AvgIpc) is 3.05. The van der Waals surface area contributed by atoms with Crippen LogP contribution >= 0.6 is 0 Å². The second-order valence-corrected chi connectivity index (χ2v) is 14.9. The Bertz CT molecular complexity index is 823. The van der Waals surface area contributed by atoms with E-state index in [1.54, 1.807) is 0 Å². The molecule has 0 heterocycles. The summed E-state index contributed by atoms with van der Waals surface area (Å²) in [5.41, 5.74) is 0. The van der Waals surface area contributed by atoms with Gasteiger partial charge in [0, 0.05) is 19.3 Å². The third kappa shape index (κ3) is 31.8. The summed E-state index contributed by atoms with van der Waals surface area (Å²) >= 11 is 0. The summed E-state index contributed by atoms with van der Waals surface area (Å²) in [4.78, 5) is 36.6. The van der Waals surface area contributed by atoms with Gasteiger partial charge in [-0.25, -0.2) is 4.79 Å². The number of hydrogen-bond donors (Lipinski definition) is 1. The second-order valence-electron chi connectivity index (χ2n) is 14.9. The summed E-state index contributed by atoms with van der Waals surface area (Å²) in [7, 11) is 5.51. The Morgan fingerprint density at radius 1 is 0.592 bits per heavy atom. The Kier molecular flexibility index (Phi) is 31.9. The van der Waals surface area contributed by atoms with Gasteiger partial charge in [0.05, 0.1) is 34.4 Å². The van der Waals surface area contributed by atoms with Crippen molar-refractivity contribution in [3.8, 4) is 0 Å². The van der Waals surface area contributed by atoms with E-state index >= 15 is 0 Å². The molecule has 0 aliphatic carbocycles. The van der Waals surface area contributed by atoms with E-state index in [9.17, 15) is 19.5 Å². The van der Waals surface area contributed by atoms with Gasteiger partial charge in [0.25, 0.3) is 0 Å². The number of esters is 2. The van der Waals surface area contributed by atoms with Gasteiger partial charge in [0.15, 0.2) is 12.1 Å². The fraction of sp³-hybridized carbons (Fsp3) is 0.878. The fourth-order valence-electron chi connectivity index (χ4n) is 5.99. The molecule has 0 saturated carbocycles. The van der Waals surface area contributed by atoms with Crippen LogP contribution in [0.1, 0.15) is 181 Å². The minimum Gasteiger partial charge on any atom is -0.477 e. The number of nitrogens with zero attached hydrogens (tertiary/aromatic N) is 1. The van der Waals surface area contributed by atoms with Crippen molar-refractivity contribution in [2.45, 2.75) is 193 Å². The number of unbranched alkanes of at least 4 members (excludes halogenated alkanes) is 20. The van der Waals surface area contributed by atoms with Gasteiger partial charge in [-0.3, -0.25) is 9.59 Å². The van der Waals surface area contributed by atoms with Crippen LogP contribution in [0.5, 0.6) is 0 Å². The summed E-state index contributed by atoms with van der Waals surface area (Å²) in [6.45, 7) is 4.64. The molecule has 0 aromatic carbocycles. The van der Waals surface area contributed by atoms with Crippen LogP contribution in [0.4, 0.5) is 0 Å². The van der Waals surface area contributed by atoms with Crippen molar-refractivity contribution in [1.82, 2.24) is 0 Å². The van der Waals surface area contributed by atoms with E-state index in [0.717, 1.165) is 32.1 Å². The lowest BCUT2D eigenvalue weighted by Gasteiger charge is -2.31. The number of quaternary nitrogens is 1. The highest BCUT2D eigenvalue weighted by molar-refractivity contribution is 5.72. The molecule has 0 bridgehead atoms. The zero-order valence-corrected chi connectivity index (χ0v) is 32.7. The van der Waals surface area contributed by atoms with Crippen LogP contribution in [0.2, 0.25) is 0 Å². The van der Waals surface area contributed by atoms with Crippen molar-refractivity contribution in [2.24, 2.45) is 0 Å². The van der Waals surface area contributed by atoms with Crippen LogP contribution in [0.25, 0.3) is 0 Å².